The van der Waals surface area contributed by atoms with E-state index in [-0.39, 0.29) is 5.69 Å². The first-order valence-corrected chi connectivity index (χ1v) is 8.28. The van der Waals surface area contributed by atoms with Crippen molar-refractivity contribution in [3.63, 3.8) is 0 Å². The smallest absolute Gasteiger partial charge is 0.277 e. The second-order valence-corrected chi connectivity index (χ2v) is 5.83. The van der Waals surface area contributed by atoms with E-state index in [0.29, 0.717) is 39.3 Å². The first-order chi connectivity index (χ1) is 13.1. The van der Waals surface area contributed by atoms with Crippen molar-refractivity contribution < 1.29 is 23.5 Å². The van der Waals surface area contributed by atoms with Gasteiger partial charge in [-0.15, -0.1) is 0 Å². The lowest BCUT2D eigenvalue weighted by Gasteiger charge is -2.11. The van der Waals surface area contributed by atoms with E-state index in [4.69, 9.17) is 30.3 Å². The summed E-state index contributed by atoms with van der Waals surface area (Å²) in [6.07, 6.45) is 0. The first kappa shape index (κ1) is 18.6. The van der Waals surface area contributed by atoms with Crippen LogP contribution in [0.3, 0.4) is 0 Å². The predicted molar refractivity (Wildman–Crippen MR) is 101 cm³/mol. The number of methoxy groups -OCH3 is 3. The van der Waals surface area contributed by atoms with E-state index >= 15 is 0 Å². The minimum atomic E-state index is -0.478. The summed E-state index contributed by atoms with van der Waals surface area (Å²) in [6.45, 7) is 0. The van der Waals surface area contributed by atoms with Gasteiger partial charge in [-0.1, -0.05) is 28.9 Å². The number of hydrogen-bond donors (Lipinski definition) is 1. The summed E-state index contributed by atoms with van der Waals surface area (Å²) in [4.78, 5) is 12.5. The molecule has 0 aliphatic rings. The number of para-hydroxylation sites is 1. The van der Waals surface area contributed by atoms with Gasteiger partial charge < -0.3 is 24.1 Å². The summed E-state index contributed by atoms with van der Waals surface area (Å²) < 4.78 is 21.0. The van der Waals surface area contributed by atoms with Crippen LogP contribution in [0.25, 0.3) is 11.3 Å². The second-order valence-electron chi connectivity index (χ2n) is 5.42. The molecule has 3 aromatic rings. The summed E-state index contributed by atoms with van der Waals surface area (Å²) >= 11 is 6.20. The van der Waals surface area contributed by atoms with E-state index in [1.54, 1.807) is 25.3 Å². The predicted octanol–water partition coefficient (Wildman–Crippen LogP) is 4.27. The van der Waals surface area contributed by atoms with Crippen LogP contribution in [0, 0.1) is 0 Å². The van der Waals surface area contributed by atoms with Gasteiger partial charge in [-0.25, -0.2) is 0 Å². The maximum Gasteiger partial charge on any atom is 0.277 e. The molecule has 7 nitrogen and oxygen atoms in total. The number of hydrogen-bond acceptors (Lipinski definition) is 6. The van der Waals surface area contributed by atoms with Crippen molar-refractivity contribution in [2.75, 3.05) is 26.6 Å². The fourth-order valence-corrected chi connectivity index (χ4v) is 2.69. The fraction of sp³-hybridized carbons (Fsp3) is 0.158. The highest BCUT2D eigenvalue weighted by atomic mass is 35.5. The number of rotatable bonds is 6. The lowest BCUT2D eigenvalue weighted by Crippen LogP contribution is -2.12. The normalized spacial score (nSPS) is 10.4. The monoisotopic (exact) mass is 388 g/mol. The molecule has 0 fully saturated rings. The Morgan fingerprint density at radius 3 is 2.37 bits per heavy atom. The Labute approximate surface area is 160 Å². The van der Waals surface area contributed by atoms with Gasteiger partial charge in [-0.05, 0) is 12.1 Å². The molecule has 0 aliphatic heterocycles. The van der Waals surface area contributed by atoms with Crippen molar-refractivity contribution in [3.8, 4) is 28.6 Å². The standard InChI is InChI=1S/C19H17ClN2O5/c1-24-15-7-5-4-6-11(15)16-10-14(22-27-16)19(23)21-13-9-18(26-3)17(25-2)8-12(13)20/h4-10H,1-3H3,(H,21,23). The molecule has 1 amide bonds. The molecule has 0 saturated heterocycles. The van der Waals surface area contributed by atoms with E-state index in [9.17, 15) is 4.79 Å². The lowest BCUT2D eigenvalue weighted by molar-refractivity contribution is 0.101. The molecular formula is C19H17ClN2O5. The van der Waals surface area contributed by atoms with Crippen LogP contribution in [0.5, 0.6) is 17.2 Å². The fourth-order valence-electron chi connectivity index (χ4n) is 2.49. The zero-order valence-corrected chi connectivity index (χ0v) is 15.7. The number of nitrogens with one attached hydrogen (secondary N) is 1. The molecule has 0 saturated carbocycles. The van der Waals surface area contributed by atoms with E-state index in [1.165, 1.54) is 20.3 Å². The second kappa shape index (κ2) is 8.01. The Bertz CT molecular complexity index is 970. The zero-order valence-electron chi connectivity index (χ0n) is 14.9. The number of nitrogens with zero attached hydrogens (tertiary/aromatic N) is 1. The molecule has 0 aliphatic carbocycles. The topological polar surface area (TPSA) is 82.8 Å². The van der Waals surface area contributed by atoms with Crippen LogP contribution in [-0.4, -0.2) is 32.4 Å². The molecule has 8 heteroatoms. The van der Waals surface area contributed by atoms with Crippen LogP contribution in [0.2, 0.25) is 5.02 Å². The van der Waals surface area contributed by atoms with Crippen LogP contribution in [0.15, 0.2) is 47.0 Å². The summed E-state index contributed by atoms with van der Waals surface area (Å²) in [5.41, 5.74) is 1.15. The van der Waals surface area contributed by atoms with Gasteiger partial charge in [0.1, 0.15) is 5.75 Å². The van der Waals surface area contributed by atoms with Crippen molar-refractivity contribution in [1.82, 2.24) is 5.16 Å². The average molecular weight is 389 g/mol. The van der Waals surface area contributed by atoms with Gasteiger partial charge >= 0.3 is 0 Å². The van der Waals surface area contributed by atoms with Gasteiger partial charge in [0.15, 0.2) is 23.0 Å². The van der Waals surface area contributed by atoms with E-state index in [0.717, 1.165) is 0 Å². The Hall–Kier alpha value is -3.19. The van der Waals surface area contributed by atoms with Crippen molar-refractivity contribution in [2.24, 2.45) is 0 Å². The molecule has 0 unspecified atom stereocenters. The number of aromatic nitrogens is 1. The molecule has 2 aromatic carbocycles. The number of amides is 1. The summed E-state index contributed by atoms with van der Waals surface area (Å²) in [7, 11) is 4.55. The Kier molecular flexibility index (Phi) is 5.52. The first-order valence-electron chi connectivity index (χ1n) is 7.90. The molecule has 3 rings (SSSR count). The molecule has 1 N–H and O–H groups in total. The molecule has 0 bridgehead atoms. The maximum atomic E-state index is 12.5. The minimum absolute atomic E-state index is 0.0988. The van der Waals surface area contributed by atoms with Crippen molar-refractivity contribution in [2.45, 2.75) is 0 Å². The molecule has 1 heterocycles. The quantitative estimate of drug-likeness (QED) is 0.678. The highest BCUT2D eigenvalue weighted by molar-refractivity contribution is 6.34. The van der Waals surface area contributed by atoms with Gasteiger partial charge in [0, 0.05) is 18.2 Å². The molecule has 0 spiro atoms. The molecular weight excluding hydrogens is 372 g/mol. The average Bonchev–Trinajstić information content (AvgIpc) is 3.19. The molecule has 27 heavy (non-hydrogen) atoms. The number of benzene rings is 2. The van der Waals surface area contributed by atoms with Crippen molar-refractivity contribution in [1.29, 1.82) is 0 Å². The van der Waals surface area contributed by atoms with E-state index < -0.39 is 5.91 Å². The number of ether oxygens (including phenoxy) is 3. The minimum Gasteiger partial charge on any atom is -0.496 e. The third-order valence-electron chi connectivity index (χ3n) is 3.84. The van der Waals surface area contributed by atoms with Crippen LogP contribution in [0.4, 0.5) is 5.69 Å². The highest BCUT2D eigenvalue weighted by Gasteiger charge is 2.18. The van der Waals surface area contributed by atoms with E-state index in [1.807, 2.05) is 18.2 Å². The maximum absolute atomic E-state index is 12.5. The van der Waals surface area contributed by atoms with Gasteiger partial charge in [0.05, 0.1) is 37.6 Å². The summed E-state index contributed by atoms with van der Waals surface area (Å²) in [5.74, 6) is 1.45. The molecule has 140 valence electrons. The number of halogens is 1. The van der Waals surface area contributed by atoms with Crippen LogP contribution < -0.4 is 19.5 Å². The van der Waals surface area contributed by atoms with Crippen molar-refractivity contribution >= 4 is 23.2 Å². The van der Waals surface area contributed by atoms with Crippen LogP contribution in [-0.2, 0) is 0 Å². The Balaban J connectivity index is 1.85. The number of carbonyl (C=O) groups is 1. The highest BCUT2D eigenvalue weighted by Crippen LogP contribution is 2.36. The van der Waals surface area contributed by atoms with Gasteiger partial charge in [-0.2, -0.15) is 0 Å². The summed E-state index contributed by atoms with van der Waals surface area (Å²) in [6, 6.07) is 11.9. The van der Waals surface area contributed by atoms with Gasteiger partial charge in [0.25, 0.3) is 5.91 Å². The van der Waals surface area contributed by atoms with Crippen LogP contribution in [0.1, 0.15) is 10.5 Å². The van der Waals surface area contributed by atoms with Crippen LogP contribution >= 0.6 is 11.6 Å². The zero-order chi connectivity index (χ0) is 19.4. The summed E-state index contributed by atoms with van der Waals surface area (Å²) in [5, 5.41) is 6.81. The molecule has 0 radical (unpaired) electrons. The Morgan fingerprint density at radius 1 is 1.00 bits per heavy atom. The van der Waals surface area contributed by atoms with Gasteiger partial charge in [0.2, 0.25) is 0 Å². The van der Waals surface area contributed by atoms with Crippen molar-refractivity contribution in [3.05, 3.63) is 53.2 Å². The lowest BCUT2D eigenvalue weighted by atomic mass is 10.1. The van der Waals surface area contributed by atoms with E-state index in [2.05, 4.69) is 10.5 Å². The molecule has 1 aromatic heterocycles. The number of anilines is 1. The Morgan fingerprint density at radius 2 is 1.67 bits per heavy atom. The molecule has 0 atom stereocenters. The SMILES string of the molecule is COc1cc(Cl)c(NC(=O)c2cc(-c3ccccc3OC)on2)cc1OC. The number of carbonyl (C=O) groups excluding carboxylic acids is 1. The third-order valence-corrected chi connectivity index (χ3v) is 4.15. The largest absolute Gasteiger partial charge is 0.496 e. The van der Waals surface area contributed by atoms with Gasteiger partial charge in [-0.3, -0.25) is 4.79 Å². The third kappa shape index (κ3) is 3.83.